The standard InChI is InChI=1S/C38H48Cl2N8O4Si2/c1-45(2)41-35(31-21-13-9-14-22-31)49-53(39,50-36(42-46(3)4)32-23-15-10-16-24-32)29-30-54(40,51-37(43-47(5)6)33-25-17-11-18-26-33)52-38(44-48(7)8)34-27-19-12-20-28-34/h9-28H,29-30H2,1-8H3/b41-35-,42-36+,43-37+,44-38+. The normalized spacial score (nSPS) is 13.7. The van der Waals surface area contributed by atoms with Crippen molar-refractivity contribution in [3.63, 3.8) is 0 Å². The van der Waals surface area contributed by atoms with Crippen LogP contribution in [-0.2, 0) is 17.7 Å². The molecule has 0 bridgehead atoms. The summed E-state index contributed by atoms with van der Waals surface area (Å²) >= 11 is 15.3. The van der Waals surface area contributed by atoms with Crippen LogP contribution in [0.25, 0.3) is 0 Å². The molecule has 0 spiro atoms. The van der Waals surface area contributed by atoms with Gasteiger partial charge in [-0.3, -0.25) is 20.0 Å². The quantitative estimate of drug-likeness (QED) is 0.0413. The molecule has 4 aromatic carbocycles. The van der Waals surface area contributed by atoms with Crippen LogP contribution in [-0.4, -0.2) is 116 Å². The van der Waals surface area contributed by atoms with Crippen molar-refractivity contribution in [3.05, 3.63) is 144 Å². The maximum atomic E-state index is 7.65. The minimum atomic E-state index is -3.96. The van der Waals surface area contributed by atoms with Gasteiger partial charge in [-0.15, -0.1) is 20.4 Å². The lowest BCUT2D eigenvalue weighted by Crippen LogP contribution is -2.47. The molecular weight excluding hydrogens is 760 g/mol. The predicted octanol–water partition coefficient (Wildman–Crippen LogP) is 7.10. The zero-order valence-electron chi connectivity index (χ0n) is 31.9. The molecule has 0 amide bonds. The third-order valence-electron chi connectivity index (χ3n) is 6.96. The van der Waals surface area contributed by atoms with Gasteiger partial charge in [0, 0.05) is 90.7 Å². The van der Waals surface area contributed by atoms with Crippen LogP contribution in [0.5, 0.6) is 0 Å². The first-order chi connectivity index (χ1) is 25.7. The van der Waals surface area contributed by atoms with E-state index in [2.05, 4.69) is 20.4 Å². The van der Waals surface area contributed by atoms with E-state index in [1.54, 1.807) is 76.4 Å². The second-order valence-corrected chi connectivity index (χ2v) is 20.6. The molecule has 0 saturated carbocycles. The molecule has 0 radical (unpaired) electrons. The Kier molecular flexibility index (Phi) is 15.4. The highest BCUT2D eigenvalue weighted by Crippen LogP contribution is 2.33. The van der Waals surface area contributed by atoms with E-state index in [-0.39, 0.29) is 35.7 Å². The number of benzene rings is 4. The van der Waals surface area contributed by atoms with Crippen LogP contribution in [0, 0.1) is 0 Å². The van der Waals surface area contributed by atoms with Gasteiger partial charge in [-0.25, -0.2) is 0 Å². The van der Waals surface area contributed by atoms with E-state index in [0.717, 1.165) is 0 Å². The molecule has 0 aliphatic rings. The fourth-order valence-electron chi connectivity index (χ4n) is 4.72. The van der Waals surface area contributed by atoms with E-state index in [0.29, 0.717) is 22.3 Å². The van der Waals surface area contributed by atoms with Crippen molar-refractivity contribution in [1.29, 1.82) is 0 Å². The Morgan fingerprint density at radius 1 is 0.389 bits per heavy atom. The van der Waals surface area contributed by atoms with Gasteiger partial charge in [0.05, 0.1) is 0 Å². The summed E-state index contributed by atoms with van der Waals surface area (Å²) < 4.78 is 27.0. The molecule has 0 fully saturated rings. The van der Waals surface area contributed by atoms with Crippen LogP contribution in [0.2, 0.25) is 12.1 Å². The molecule has 16 heteroatoms. The van der Waals surface area contributed by atoms with Crippen LogP contribution in [0.3, 0.4) is 0 Å². The lowest BCUT2D eigenvalue weighted by Gasteiger charge is -2.31. The molecular formula is C38H48Cl2N8O4Si2. The van der Waals surface area contributed by atoms with E-state index < -0.39 is 15.7 Å². The summed E-state index contributed by atoms with van der Waals surface area (Å²) in [5.74, 6) is 1.06. The van der Waals surface area contributed by atoms with Crippen molar-refractivity contribution in [3.8, 4) is 0 Å². The Bertz CT molecular complexity index is 1610. The number of nitrogens with zero attached hydrogens (tertiary/aromatic N) is 8. The van der Waals surface area contributed by atoms with Gasteiger partial charge in [-0.05, 0) is 48.5 Å². The molecule has 4 aromatic rings. The molecule has 4 rings (SSSR count). The van der Waals surface area contributed by atoms with E-state index in [1.165, 1.54) is 0 Å². The van der Waals surface area contributed by atoms with Crippen molar-refractivity contribution < 1.29 is 17.7 Å². The fraction of sp³-hybridized carbons (Fsp3) is 0.263. The molecule has 0 saturated heterocycles. The van der Waals surface area contributed by atoms with Crippen molar-refractivity contribution in [2.45, 2.75) is 12.1 Å². The van der Waals surface area contributed by atoms with Crippen LogP contribution in [0.1, 0.15) is 22.3 Å². The monoisotopic (exact) mass is 806 g/mol. The number of hydrogen-bond acceptors (Lipinski definition) is 12. The molecule has 12 nitrogen and oxygen atoms in total. The van der Waals surface area contributed by atoms with Gasteiger partial charge in [-0.2, -0.15) is 0 Å². The molecule has 0 N–H and O–H groups in total. The Balaban J connectivity index is 1.85. The number of hydrazone groups is 4. The van der Waals surface area contributed by atoms with Crippen molar-refractivity contribution in [2.24, 2.45) is 20.4 Å². The Morgan fingerprint density at radius 2 is 0.574 bits per heavy atom. The van der Waals surface area contributed by atoms with Crippen LogP contribution in [0.15, 0.2) is 142 Å². The number of rotatable bonds is 15. The third-order valence-corrected chi connectivity index (χ3v) is 13.2. The smallest absolute Gasteiger partial charge is 0.485 e. The van der Waals surface area contributed by atoms with Crippen LogP contribution >= 0.6 is 22.2 Å². The minimum absolute atomic E-state index is 0.0664. The lowest BCUT2D eigenvalue weighted by atomic mass is 10.2. The van der Waals surface area contributed by atoms with Gasteiger partial charge in [-0.1, -0.05) is 95.0 Å². The molecule has 0 aliphatic carbocycles. The summed E-state index contributed by atoms with van der Waals surface area (Å²) in [5, 5.41) is 25.3. The largest absolute Gasteiger partial charge is 0.571 e. The summed E-state index contributed by atoms with van der Waals surface area (Å²) in [6.45, 7) is 0. The Labute approximate surface area is 330 Å². The van der Waals surface area contributed by atoms with Gasteiger partial charge in [0.25, 0.3) is 0 Å². The van der Waals surface area contributed by atoms with Gasteiger partial charge < -0.3 is 17.7 Å². The van der Waals surface area contributed by atoms with E-state index in [4.69, 9.17) is 39.9 Å². The molecule has 1 unspecified atom stereocenters. The highest BCUT2D eigenvalue weighted by Gasteiger charge is 2.52. The van der Waals surface area contributed by atoms with E-state index >= 15 is 0 Å². The molecule has 0 aliphatic heterocycles. The average molecular weight is 808 g/mol. The molecule has 0 aromatic heterocycles. The Morgan fingerprint density at radius 3 is 0.741 bits per heavy atom. The highest BCUT2D eigenvalue weighted by molar-refractivity contribution is 7.17. The summed E-state index contributed by atoms with van der Waals surface area (Å²) in [6.07, 6.45) is 0. The van der Waals surface area contributed by atoms with Gasteiger partial charge >= 0.3 is 15.7 Å². The van der Waals surface area contributed by atoms with Crippen LogP contribution in [0.4, 0.5) is 0 Å². The average Bonchev–Trinajstić information content (AvgIpc) is 3.14. The first kappa shape index (κ1) is 41.7. The third kappa shape index (κ3) is 13.4. The number of hydrogen-bond donors (Lipinski definition) is 0. The Hall–Kier alpha value is -5.03. The van der Waals surface area contributed by atoms with Gasteiger partial charge in [0.1, 0.15) is 0 Å². The second-order valence-electron chi connectivity index (χ2n) is 12.7. The van der Waals surface area contributed by atoms with Crippen molar-refractivity contribution in [1.82, 2.24) is 20.0 Å². The highest BCUT2D eigenvalue weighted by atomic mass is 35.6. The first-order valence-corrected chi connectivity index (χ1v) is 23.2. The van der Waals surface area contributed by atoms with Gasteiger partial charge in [0.2, 0.25) is 23.6 Å². The maximum absolute atomic E-state index is 7.65. The van der Waals surface area contributed by atoms with Crippen molar-refractivity contribution >= 4 is 61.5 Å². The first-order valence-electron chi connectivity index (χ1n) is 17.1. The summed E-state index contributed by atoms with van der Waals surface area (Å²) in [7, 11) is 6.49. The SMILES string of the molecule is CN(C)/N=C(\O[Si](Cl)(CC[Si](Cl)(O/C(=N/N(C)C)c1ccccc1)O/C(=N/N(C)C)c1ccccc1)O/C(=N/N(C)C)c1ccccc1)c1ccccc1. The summed E-state index contributed by atoms with van der Waals surface area (Å²) in [6, 6.07) is 38.1. The summed E-state index contributed by atoms with van der Waals surface area (Å²) in [4.78, 5) is 0. The van der Waals surface area contributed by atoms with Crippen molar-refractivity contribution in [2.75, 3.05) is 56.4 Å². The number of halogens is 2. The second kappa shape index (κ2) is 19.9. The predicted molar refractivity (Wildman–Crippen MR) is 224 cm³/mol. The summed E-state index contributed by atoms with van der Waals surface area (Å²) in [5.41, 5.74) is 2.81. The zero-order chi connectivity index (χ0) is 39.1. The minimum Gasteiger partial charge on any atom is -0.485 e. The topological polar surface area (TPSA) is 99.3 Å². The lowest BCUT2D eigenvalue weighted by molar-refractivity contribution is 0.347. The van der Waals surface area contributed by atoms with E-state index in [9.17, 15) is 0 Å². The van der Waals surface area contributed by atoms with E-state index in [1.807, 2.05) is 121 Å². The maximum Gasteiger partial charge on any atom is 0.571 e. The fourth-order valence-corrected chi connectivity index (χ4v) is 12.0. The molecule has 54 heavy (non-hydrogen) atoms. The van der Waals surface area contributed by atoms with Gasteiger partial charge in [0.15, 0.2) is 0 Å². The molecule has 0 heterocycles. The van der Waals surface area contributed by atoms with Crippen LogP contribution < -0.4 is 0 Å². The molecule has 1 atom stereocenters. The molecule has 286 valence electrons. The zero-order valence-corrected chi connectivity index (χ0v) is 35.4.